The molecule has 0 amide bonds. The summed E-state index contributed by atoms with van der Waals surface area (Å²) < 4.78 is 1.71. The van der Waals surface area contributed by atoms with Gasteiger partial charge in [-0.1, -0.05) is 19.1 Å². The van der Waals surface area contributed by atoms with E-state index in [4.69, 9.17) is 0 Å². The summed E-state index contributed by atoms with van der Waals surface area (Å²) in [5.74, 6) is 0.663. The average Bonchev–Trinajstić information content (AvgIpc) is 2.72. The van der Waals surface area contributed by atoms with Crippen LogP contribution in [0.5, 0.6) is 5.75 Å². The highest BCUT2D eigenvalue weighted by atomic mass is 16.3. The fourth-order valence-corrected chi connectivity index (χ4v) is 1.85. The molecule has 0 aliphatic carbocycles. The summed E-state index contributed by atoms with van der Waals surface area (Å²) in [6.45, 7) is 4.10. The molecular weight excluding hydrogens is 230 g/mol. The predicted octanol–water partition coefficient (Wildman–Crippen LogP) is 1.66. The summed E-state index contributed by atoms with van der Waals surface area (Å²) >= 11 is 0. The Morgan fingerprint density at radius 3 is 2.44 bits per heavy atom. The normalized spacial score (nSPS) is 11.1. The van der Waals surface area contributed by atoms with E-state index in [-0.39, 0.29) is 12.4 Å². The summed E-state index contributed by atoms with van der Waals surface area (Å²) in [6.07, 6.45) is 0.795. The number of aliphatic hydroxyl groups excluding tert-OH is 1. The SMILES string of the molecule is CC(C)Cc1c(CO)nnn1-c1ccc(O)cc1. The van der Waals surface area contributed by atoms with Gasteiger partial charge in [0, 0.05) is 0 Å². The average molecular weight is 247 g/mol. The lowest BCUT2D eigenvalue weighted by atomic mass is 10.1. The molecule has 0 atom stereocenters. The second-order valence-corrected chi connectivity index (χ2v) is 4.67. The quantitative estimate of drug-likeness (QED) is 0.862. The lowest BCUT2D eigenvalue weighted by molar-refractivity contribution is 0.275. The molecule has 0 saturated heterocycles. The minimum absolute atomic E-state index is 0.111. The standard InChI is InChI=1S/C13H17N3O2/c1-9(2)7-13-12(8-17)14-15-16(13)10-3-5-11(18)6-4-10/h3-6,9,17-18H,7-8H2,1-2H3. The molecule has 5 nitrogen and oxygen atoms in total. The van der Waals surface area contributed by atoms with E-state index in [1.165, 1.54) is 0 Å². The van der Waals surface area contributed by atoms with Crippen LogP contribution in [-0.4, -0.2) is 25.2 Å². The molecule has 2 N–H and O–H groups in total. The van der Waals surface area contributed by atoms with Crippen LogP contribution < -0.4 is 0 Å². The fraction of sp³-hybridized carbons (Fsp3) is 0.385. The first kappa shape index (κ1) is 12.6. The molecule has 2 aromatic rings. The van der Waals surface area contributed by atoms with Crippen LogP contribution in [0.25, 0.3) is 5.69 Å². The summed E-state index contributed by atoms with van der Waals surface area (Å²) in [5.41, 5.74) is 2.35. The third-order valence-corrected chi connectivity index (χ3v) is 2.69. The topological polar surface area (TPSA) is 71.2 Å². The second-order valence-electron chi connectivity index (χ2n) is 4.67. The van der Waals surface area contributed by atoms with Gasteiger partial charge in [0.1, 0.15) is 11.4 Å². The molecule has 0 bridgehead atoms. The zero-order valence-electron chi connectivity index (χ0n) is 10.5. The molecule has 0 saturated carbocycles. The Kier molecular flexibility index (Phi) is 3.62. The number of aliphatic hydroxyl groups is 1. The Labute approximate surface area is 106 Å². The smallest absolute Gasteiger partial charge is 0.115 e. The van der Waals surface area contributed by atoms with Crippen LogP contribution in [-0.2, 0) is 13.0 Å². The molecule has 0 aliphatic rings. The van der Waals surface area contributed by atoms with Crippen molar-refractivity contribution in [1.82, 2.24) is 15.0 Å². The van der Waals surface area contributed by atoms with E-state index >= 15 is 0 Å². The number of hydrogen-bond donors (Lipinski definition) is 2. The van der Waals surface area contributed by atoms with Gasteiger partial charge in [-0.15, -0.1) is 5.10 Å². The van der Waals surface area contributed by atoms with Crippen molar-refractivity contribution in [3.05, 3.63) is 35.7 Å². The van der Waals surface area contributed by atoms with E-state index in [0.29, 0.717) is 11.6 Å². The zero-order valence-corrected chi connectivity index (χ0v) is 10.5. The highest BCUT2D eigenvalue weighted by Crippen LogP contribution is 2.18. The van der Waals surface area contributed by atoms with Crippen molar-refractivity contribution in [1.29, 1.82) is 0 Å². The number of nitrogens with zero attached hydrogens (tertiary/aromatic N) is 3. The van der Waals surface area contributed by atoms with E-state index in [9.17, 15) is 10.2 Å². The molecule has 1 heterocycles. The first-order valence-electron chi connectivity index (χ1n) is 5.95. The van der Waals surface area contributed by atoms with Gasteiger partial charge in [-0.3, -0.25) is 0 Å². The Balaban J connectivity index is 2.43. The molecule has 1 aromatic heterocycles. The first-order valence-corrected chi connectivity index (χ1v) is 5.95. The van der Waals surface area contributed by atoms with E-state index < -0.39 is 0 Å². The van der Waals surface area contributed by atoms with Gasteiger partial charge in [-0.25, -0.2) is 4.68 Å². The Hall–Kier alpha value is -1.88. The van der Waals surface area contributed by atoms with Gasteiger partial charge in [0.15, 0.2) is 0 Å². The van der Waals surface area contributed by atoms with E-state index in [2.05, 4.69) is 24.2 Å². The van der Waals surface area contributed by atoms with Crippen LogP contribution in [0.4, 0.5) is 0 Å². The number of phenolic OH excluding ortho intramolecular Hbond substituents is 1. The maximum atomic E-state index is 9.28. The third kappa shape index (κ3) is 2.51. The number of hydrogen-bond acceptors (Lipinski definition) is 4. The van der Waals surface area contributed by atoms with E-state index in [1.54, 1.807) is 28.9 Å². The fourth-order valence-electron chi connectivity index (χ4n) is 1.85. The number of aromatic hydroxyl groups is 1. The predicted molar refractivity (Wildman–Crippen MR) is 67.5 cm³/mol. The maximum Gasteiger partial charge on any atom is 0.115 e. The van der Waals surface area contributed by atoms with E-state index in [0.717, 1.165) is 17.8 Å². The van der Waals surface area contributed by atoms with Crippen molar-refractivity contribution in [2.45, 2.75) is 26.9 Å². The molecule has 96 valence electrons. The maximum absolute atomic E-state index is 9.28. The van der Waals surface area contributed by atoms with Crippen LogP contribution in [0, 0.1) is 5.92 Å². The molecule has 0 unspecified atom stereocenters. The second kappa shape index (κ2) is 5.18. The van der Waals surface area contributed by atoms with Crippen LogP contribution in [0.3, 0.4) is 0 Å². The Morgan fingerprint density at radius 2 is 1.89 bits per heavy atom. The highest BCUT2D eigenvalue weighted by Gasteiger charge is 2.14. The molecule has 0 fully saturated rings. The van der Waals surface area contributed by atoms with Crippen molar-refractivity contribution >= 4 is 0 Å². The number of rotatable bonds is 4. The largest absolute Gasteiger partial charge is 0.508 e. The molecule has 1 aromatic carbocycles. The molecule has 0 spiro atoms. The van der Waals surface area contributed by atoms with Crippen LogP contribution in [0.1, 0.15) is 25.2 Å². The summed E-state index contributed by atoms with van der Waals surface area (Å²) in [7, 11) is 0. The molecule has 0 radical (unpaired) electrons. The van der Waals surface area contributed by atoms with Gasteiger partial charge < -0.3 is 10.2 Å². The molecule has 5 heteroatoms. The van der Waals surface area contributed by atoms with E-state index in [1.807, 2.05) is 0 Å². The van der Waals surface area contributed by atoms with Gasteiger partial charge in [0.2, 0.25) is 0 Å². The summed E-state index contributed by atoms with van der Waals surface area (Å²) in [5, 5.41) is 26.6. The van der Waals surface area contributed by atoms with Gasteiger partial charge in [0.25, 0.3) is 0 Å². The molecular formula is C13H17N3O2. The molecule has 18 heavy (non-hydrogen) atoms. The monoisotopic (exact) mass is 247 g/mol. The van der Waals surface area contributed by atoms with Crippen molar-refractivity contribution in [3.8, 4) is 11.4 Å². The lowest BCUT2D eigenvalue weighted by Crippen LogP contribution is -2.07. The highest BCUT2D eigenvalue weighted by molar-refractivity contribution is 5.37. The Morgan fingerprint density at radius 1 is 1.22 bits per heavy atom. The van der Waals surface area contributed by atoms with Crippen molar-refractivity contribution in [2.24, 2.45) is 5.92 Å². The number of phenols is 1. The van der Waals surface area contributed by atoms with Gasteiger partial charge >= 0.3 is 0 Å². The third-order valence-electron chi connectivity index (χ3n) is 2.69. The van der Waals surface area contributed by atoms with Gasteiger partial charge in [-0.05, 0) is 36.6 Å². The lowest BCUT2D eigenvalue weighted by Gasteiger charge is -2.09. The Bertz CT molecular complexity index is 518. The number of benzene rings is 1. The van der Waals surface area contributed by atoms with Gasteiger partial charge in [0.05, 0.1) is 18.0 Å². The van der Waals surface area contributed by atoms with Crippen LogP contribution >= 0.6 is 0 Å². The number of aromatic nitrogens is 3. The van der Waals surface area contributed by atoms with Crippen LogP contribution in [0.15, 0.2) is 24.3 Å². The summed E-state index contributed by atoms with van der Waals surface area (Å²) in [6, 6.07) is 6.76. The van der Waals surface area contributed by atoms with Crippen molar-refractivity contribution in [3.63, 3.8) is 0 Å². The molecule has 2 rings (SSSR count). The minimum Gasteiger partial charge on any atom is -0.508 e. The first-order chi connectivity index (χ1) is 8.61. The van der Waals surface area contributed by atoms with Crippen molar-refractivity contribution in [2.75, 3.05) is 0 Å². The van der Waals surface area contributed by atoms with Gasteiger partial charge in [-0.2, -0.15) is 0 Å². The van der Waals surface area contributed by atoms with Crippen LogP contribution in [0.2, 0.25) is 0 Å². The minimum atomic E-state index is -0.111. The summed E-state index contributed by atoms with van der Waals surface area (Å²) in [4.78, 5) is 0. The molecule has 0 aliphatic heterocycles. The van der Waals surface area contributed by atoms with Crippen molar-refractivity contribution < 1.29 is 10.2 Å². The zero-order chi connectivity index (χ0) is 13.1.